The van der Waals surface area contributed by atoms with Crippen molar-refractivity contribution in [2.75, 3.05) is 12.5 Å². The van der Waals surface area contributed by atoms with Crippen LogP contribution in [0.25, 0.3) is 0 Å². The van der Waals surface area contributed by atoms with Crippen LogP contribution in [0.5, 0.6) is 23.0 Å². The van der Waals surface area contributed by atoms with E-state index in [0.717, 1.165) is 0 Å². The summed E-state index contributed by atoms with van der Waals surface area (Å²) in [5.74, 6) is -54.5. The Morgan fingerprint density at radius 3 is 0.661 bits per heavy atom. The van der Waals surface area contributed by atoms with Gasteiger partial charge in [-0.2, -0.15) is 87.1 Å². The molecule has 0 aliphatic carbocycles. The third-order valence-corrected chi connectivity index (χ3v) is 8.95. The molecule has 0 radical (unpaired) electrons. The van der Waals surface area contributed by atoms with Crippen LogP contribution >= 0.6 is 0 Å². The number of hydrogen-bond donors (Lipinski definition) is 0. The molecule has 59 heavy (non-hydrogen) atoms. The van der Waals surface area contributed by atoms with Crippen molar-refractivity contribution in [2.45, 2.75) is 47.4 Å². The Morgan fingerprint density at radius 2 is 0.492 bits per heavy atom. The fraction of sp³-hybridized carbons (Fsp3) is 0.294. The lowest BCUT2D eigenvalue weighted by atomic mass is 9.90. The standard InChI is InChI=1S/C34H22F16O7S2/c1-58(51,52)56-25-15-7-21(8-16-25)29(39,40)33(47,48)31(43,44)27(35,36)19-3-11-23(12-4-19)55-24-13-5-20(6-14-24)28(37,38)32(45,46)34(49,50)30(41,42)22-9-17-26(18-10-22)57-59(2,53)54/h3-18H,1-2H3. The van der Waals surface area contributed by atoms with Crippen LogP contribution in [0, 0.1) is 0 Å². The maximum atomic E-state index is 14.9. The first-order chi connectivity index (χ1) is 26.5. The zero-order valence-electron chi connectivity index (χ0n) is 29.0. The zero-order chi connectivity index (χ0) is 45.1. The van der Waals surface area contributed by atoms with Crippen molar-refractivity contribution in [3.8, 4) is 23.0 Å². The molecule has 0 aliphatic rings. The molecule has 0 aromatic heterocycles. The lowest BCUT2D eigenvalue weighted by Gasteiger charge is -2.37. The van der Waals surface area contributed by atoms with E-state index in [1.165, 1.54) is 0 Å². The third-order valence-electron chi connectivity index (χ3n) is 7.96. The summed E-state index contributed by atoms with van der Waals surface area (Å²) in [7, 11) is -8.51. The van der Waals surface area contributed by atoms with E-state index in [4.69, 9.17) is 4.74 Å². The van der Waals surface area contributed by atoms with Crippen molar-refractivity contribution in [3.05, 3.63) is 119 Å². The highest BCUT2D eigenvalue weighted by atomic mass is 32.2. The molecule has 25 heteroatoms. The third kappa shape index (κ3) is 8.57. The summed E-state index contributed by atoms with van der Waals surface area (Å²) in [6.45, 7) is 0. The van der Waals surface area contributed by atoms with Crippen molar-refractivity contribution < 1.29 is 100 Å². The van der Waals surface area contributed by atoms with E-state index in [2.05, 4.69) is 8.37 Å². The van der Waals surface area contributed by atoms with E-state index in [0.29, 0.717) is 61.0 Å². The van der Waals surface area contributed by atoms with Crippen LogP contribution in [0.2, 0.25) is 0 Å². The number of hydrogen-bond acceptors (Lipinski definition) is 7. The molecule has 0 amide bonds. The Hall–Kier alpha value is -4.94. The van der Waals surface area contributed by atoms with E-state index in [1.807, 2.05) is 0 Å². The molecule has 0 aliphatic heterocycles. The first-order valence-corrected chi connectivity index (χ1v) is 19.1. The summed E-state index contributed by atoms with van der Waals surface area (Å²) >= 11 is 0. The fourth-order valence-electron chi connectivity index (χ4n) is 4.90. The minimum absolute atomic E-state index is 0.00756. The SMILES string of the molecule is CS(=O)(=O)Oc1ccc(C(F)(F)C(F)(F)C(F)(F)C(F)(F)c2ccc(Oc3ccc(C(F)(F)C(F)(F)C(F)(F)C(F)(F)c4ccc(OS(C)(=O)=O)cc4)cc3)cc2)cc1. The van der Waals surface area contributed by atoms with E-state index in [1.54, 1.807) is 0 Å². The number of rotatable bonds is 16. The Labute approximate surface area is 322 Å². The molecule has 7 nitrogen and oxygen atoms in total. The van der Waals surface area contributed by atoms with Gasteiger partial charge in [-0.25, -0.2) is 0 Å². The number of halogens is 16. The summed E-state index contributed by atoms with van der Waals surface area (Å²) in [6.07, 6.45) is 1.03. The van der Waals surface area contributed by atoms with Crippen molar-refractivity contribution in [1.82, 2.24) is 0 Å². The van der Waals surface area contributed by atoms with Gasteiger partial charge in [0.15, 0.2) is 0 Å². The minimum Gasteiger partial charge on any atom is -0.457 e. The van der Waals surface area contributed by atoms with E-state index < -0.39 is 113 Å². The van der Waals surface area contributed by atoms with Crippen LogP contribution in [0.4, 0.5) is 70.2 Å². The van der Waals surface area contributed by atoms with Gasteiger partial charge < -0.3 is 13.1 Å². The molecule has 0 saturated carbocycles. The van der Waals surface area contributed by atoms with Crippen LogP contribution < -0.4 is 13.1 Å². The van der Waals surface area contributed by atoms with Gasteiger partial charge in [-0.05, 0) is 97.1 Å². The van der Waals surface area contributed by atoms with Crippen molar-refractivity contribution >= 4 is 20.2 Å². The molecule has 4 aromatic rings. The van der Waals surface area contributed by atoms with Gasteiger partial charge in [0.1, 0.15) is 23.0 Å². The van der Waals surface area contributed by atoms with Crippen LogP contribution in [0.3, 0.4) is 0 Å². The van der Waals surface area contributed by atoms with Gasteiger partial charge in [0.2, 0.25) is 0 Å². The van der Waals surface area contributed by atoms with Gasteiger partial charge in [0.05, 0.1) is 12.5 Å². The Balaban J connectivity index is 1.52. The lowest BCUT2D eigenvalue weighted by Crippen LogP contribution is -2.59. The second kappa shape index (κ2) is 15.0. The number of alkyl halides is 16. The maximum Gasteiger partial charge on any atom is 0.382 e. The summed E-state index contributed by atoms with van der Waals surface area (Å²) in [4.78, 5) is 0. The molecule has 0 spiro atoms. The van der Waals surface area contributed by atoms with Crippen LogP contribution in [-0.4, -0.2) is 53.0 Å². The summed E-state index contributed by atoms with van der Waals surface area (Å²) < 4.78 is 295. The Morgan fingerprint density at radius 1 is 0.322 bits per heavy atom. The molecule has 0 saturated heterocycles. The highest BCUT2D eigenvalue weighted by Gasteiger charge is 2.82. The molecule has 0 heterocycles. The zero-order valence-corrected chi connectivity index (χ0v) is 30.6. The lowest BCUT2D eigenvalue weighted by molar-refractivity contribution is -0.374. The predicted octanol–water partition coefficient (Wildman–Crippen LogP) is 10.5. The van der Waals surface area contributed by atoms with Crippen molar-refractivity contribution in [1.29, 1.82) is 0 Å². The highest BCUT2D eigenvalue weighted by molar-refractivity contribution is 7.86. The molecule has 4 rings (SSSR count). The highest BCUT2D eigenvalue weighted by Crippen LogP contribution is 2.61. The van der Waals surface area contributed by atoms with Crippen LogP contribution in [-0.2, 0) is 43.9 Å². The van der Waals surface area contributed by atoms with Gasteiger partial charge in [0, 0.05) is 22.3 Å². The molecule has 4 aromatic carbocycles. The molecule has 0 atom stereocenters. The average molecular weight is 911 g/mol. The van der Waals surface area contributed by atoms with Gasteiger partial charge >= 0.3 is 67.6 Å². The number of ether oxygens (including phenoxy) is 1. The molecule has 0 bridgehead atoms. The largest absolute Gasteiger partial charge is 0.457 e. The normalized spacial score (nSPS) is 14.2. The van der Waals surface area contributed by atoms with Crippen molar-refractivity contribution in [3.63, 3.8) is 0 Å². The smallest absolute Gasteiger partial charge is 0.382 e. The van der Waals surface area contributed by atoms with Crippen LogP contribution in [0.15, 0.2) is 97.1 Å². The van der Waals surface area contributed by atoms with Gasteiger partial charge in [-0.1, -0.05) is 0 Å². The van der Waals surface area contributed by atoms with Crippen LogP contribution in [0.1, 0.15) is 22.3 Å². The second-order valence-corrected chi connectivity index (χ2v) is 15.5. The quantitative estimate of drug-likeness (QED) is 0.0816. The Bertz CT molecular complexity index is 2190. The van der Waals surface area contributed by atoms with Gasteiger partial charge in [-0.15, -0.1) is 0 Å². The second-order valence-electron chi connectivity index (χ2n) is 12.4. The average Bonchev–Trinajstić information content (AvgIpc) is 3.10. The topological polar surface area (TPSA) is 96.0 Å². The molecular formula is C34H22F16O7S2. The van der Waals surface area contributed by atoms with E-state index in [-0.39, 0.29) is 48.5 Å². The maximum absolute atomic E-state index is 14.9. The first kappa shape index (κ1) is 46.7. The predicted molar refractivity (Wildman–Crippen MR) is 172 cm³/mol. The summed E-state index contributed by atoms with van der Waals surface area (Å²) in [6, 6.07) is 2.91. The first-order valence-electron chi connectivity index (χ1n) is 15.4. The monoisotopic (exact) mass is 910 g/mol. The van der Waals surface area contributed by atoms with Gasteiger partial charge in [-0.3, -0.25) is 0 Å². The molecule has 0 unspecified atom stereocenters. The Kier molecular flexibility index (Phi) is 11.8. The molecule has 0 fully saturated rings. The minimum atomic E-state index is -6.86. The van der Waals surface area contributed by atoms with E-state index >= 15 is 0 Å². The van der Waals surface area contributed by atoms with E-state index in [9.17, 15) is 87.1 Å². The summed E-state index contributed by atoms with van der Waals surface area (Å²) in [5.41, 5.74) is -7.91. The fourth-order valence-corrected chi connectivity index (χ4v) is 5.83. The molecular weight excluding hydrogens is 888 g/mol. The summed E-state index contributed by atoms with van der Waals surface area (Å²) in [5, 5.41) is 0. The van der Waals surface area contributed by atoms with Gasteiger partial charge in [0.25, 0.3) is 0 Å². The van der Waals surface area contributed by atoms with Crippen molar-refractivity contribution in [2.24, 2.45) is 0 Å². The molecule has 324 valence electrons. The number of benzene rings is 4. The molecule has 0 N–H and O–H groups in total.